The highest BCUT2D eigenvalue weighted by atomic mass is 32.1. The zero-order chi connectivity index (χ0) is 25.1. The average Bonchev–Trinajstić information content (AvgIpc) is 3.39. The van der Waals surface area contributed by atoms with Crippen molar-refractivity contribution >= 4 is 45.2 Å². The Morgan fingerprint density at radius 2 is 1.97 bits per heavy atom. The van der Waals surface area contributed by atoms with Crippen LogP contribution < -0.4 is 5.43 Å². The van der Waals surface area contributed by atoms with E-state index in [1.807, 2.05) is 30.5 Å². The van der Waals surface area contributed by atoms with Crippen molar-refractivity contribution in [3.8, 4) is 5.69 Å². The van der Waals surface area contributed by atoms with Gasteiger partial charge in [0.05, 0.1) is 28.2 Å². The summed E-state index contributed by atoms with van der Waals surface area (Å²) in [6.07, 6.45) is 1.56. The third-order valence-corrected chi connectivity index (χ3v) is 6.50. The summed E-state index contributed by atoms with van der Waals surface area (Å²) in [6.45, 7) is 5.93. The molecule has 10 heteroatoms. The highest BCUT2D eigenvalue weighted by Crippen LogP contribution is 2.29. The summed E-state index contributed by atoms with van der Waals surface area (Å²) < 4.78 is 7.86. The van der Waals surface area contributed by atoms with E-state index >= 15 is 0 Å². The first-order chi connectivity index (χ1) is 16.8. The predicted octanol–water partition coefficient (Wildman–Crippen LogP) is 5.16. The molecule has 0 radical (unpaired) electrons. The molecule has 35 heavy (non-hydrogen) atoms. The molecule has 0 bridgehead atoms. The number of nitrogens with one attached hydrogen (secondary N) is 1. The molecule has 4 aromatic rings. The maximum absolute atomic E-state index is 12.6. The van der Waals surface area contributed by atoms with Gasteiger partial charge in [0.25, 0.3) is 11.6 Å². The monoisotopic (exact) mass is 490 g/mol. The zero-order valence-electron chi connectivity index (χ0n) is 19.3. The smallest absolute Gasteiger partial charge is 0.338 e. The number of carbonyl (C=O) groups is 2. The van der Waals surface area contributed by atoms with Gasteiger partial charge in [-0.2, -0.15) is 5.10 Å². The fourth-order valence-corrected chi connectivity index (χ4v) is 4.71. The van der Waals surface area contributed by atoms with Gasteiger partial charge in [-0.1, -0.05) is 6.07 Å². The first-order valence-electron chi connectivity index (χ1n) is 10.8. The van der Waals surface area contributed by atoms with Crippen LogP contribution in [0.2, 0.25) is 0 Å². The second-order valence-corrected chi connectivity index (χ2v) is 8.81. The maximum Gasteiger partial charge on any atom is 0.338 e. The number of fused-ring (bicyclic) bond motifs is 1. The third kappa shape index (κ3) is 4.97. The van der Waals surface area contributed by atoms with Crippen molar-refractivity contribution in [1.82, 2.24) is 9.99 Å². The Kier molecular flexibility index (Phi) is 6.74. The number of hydrogen-bond donors (Lipinski definition) is 1. The number of carbonyl (C=O) groups excluding carboxylic acids is 2. The molecular formula is C25H22N4O5S. The molecule has 2 aromatic heterocycles. The van der Waals surface area contributed by atoms with Gasteiger partial charge < -0.3 is 9.30 Å². The van der Waals surface area contributed by atoms with Crippen molar-refractivity contribution in [2.75, 3.05) is 6.61 Å². The number of nitrogens with zero attached hydrogens (tertiary/aromatic N) is 3. The van der Waals surface area contributed by atoms with E-state index in [9.17, 15) is 19.7 Å². The number of aryl methyl sites for hydroxylation is 1. The Bertz CT molecular complexity index is 1480. The average molecular weight is 491 g/mol. The van der Waals surface area contributed by atoms with Crippen molar-refractivity contribution in [1.29, 1.82) is 0 Å². The summed E-state index contributed by atoms with van der Waals surface area (Å²) in [6, 6.07) is 15.2. The van der Waals surface area contributed by atoms with Crippen LogP contribution in [-0.4, -0.2) is 34.2 Å². The molecule has 1 amide bonds. The SMILES string of the molecule is CCOC(=O)c1cccc(-n2c(C)cc(C=NNC(=O)c3cc4cc([N+](=O)[O-])ccc4s3)c2C)c1. The normalized spacial score (nSPS) is 11.2. The van der Waals surface area contributed by atoms with E-state index in [2.05, 4.69) is 10.5 Å². The number of aromatic nitrogens is 1. The Hall–Kier alpha value is -4.31. The van der Waals surface area contributed by atoms with Crippen LogP contribution in [0.1, 0.15) is 43.9 Å². The largest absolute Gasteiger partial charge is 0.462 e. The third-order valence-electron chi connectivity index (χ3n) is 5.39. The number of ether oxygens (including phenoxy) is 1. The van der Waals surface area contributed by atoms with Gasteiger partial charge in [0.1, 0.15) is 0 Å². The van der Waals surface area contributed by atoms with Gasteiger partial charge in [-0.25, -0.2) is 10.2 Å². The Morgan fingerprint density at radius 3 is 2.71 bits per heavy atom. The minimum atomic E-state index is -0.468. The van der Waals surface area contributed by atoms with Gasteiger partial charge in [-0.3, -0.25) is 14.9 Å². The molecule has 0 aliphatic heterocycles. The molecule has 0 aliphatic rings. The predicted molar refractivity (Wildman–Crippen MR) is 135 cm³/mol. The van der Waals surface area contributed by atoms with E-state index in [0.29, 0.717) is 22.4 Å². The van der Waals surface area contributed by atoms with E-state index in [4.69, 9.17) is 4.74 Å². The summed E-state index contributed by atoms with van der Waals surface area (Å²) in [4.78, 5) is 35.6. The molecule has 2 aromatic carbocycles. The molecule has 0 saturated carbocycles. The van der Waals surface area contributed by atoms with Crippen molar-refractivity contribution in [2.45, 2.75) is 20.8 Å². The van der Waals surface area contributed by atoms with E-state index in [1.165, 1.54) is 23.5 Å². The van der Waals surface area contributed by atoms with Crippen LogP contribution >= 0.6 is 11.3 Å². The summed E-state index contributed by atoms with van der Waals surface area (Å²) in [5, 5.41) is 15.7. The number of benzene rings is 2. The fraction of sp³-hybridized carbons (Fsp3) is 0.160. The van der Waals surface area contributed by atoms with Crippen molar-refractivity contribution < 1.29 is 19.2 Å². The highest BCUT2D eigenvalue weighted by molar-refractivity contribution is 7.20. The van der Waals surface area contributed by atoms with Crippen molar-refractivity contribution in [2.24, 2.45) is 5.10 Å². The fourth-order valence-electron chi connectivity index (χ4n) is 3.77. The highest BCUT2D eigenvalue weighted by Gasteiger charge is 2.14. The molecule has 0 unspecified atom stereocenters. The maximum atomic E-state index is 12.6. The summed E-state index contributed by atoms with van der Waals surface area (Å²) >= 11 is 1.24. The zero-order valence-corrected chi connectivity index (χ0v) is 20.1. The van der Waals surface area contributed by atoms with Crippen LogP contribution in [0, 0.1) is 24.0 Å². The minimum absolute atomic E-state index is 0.0246. The second-order valence-electron chi connectivity index (χ2n) is 7.72. The van der Waals surface area contributed by atoms with Gasteiger partial charge in [-0.15, -0.1) is 11.3 Å². The molecule has 178 valence electrons. The Labute approximate surface area is 204 Å². The lowest BCUT2D eigenvalue weighted by Gasteiger charge is -2.11. The quantitative estimate of drug-likeness (QED) is 0.166. The van der Waals surface area contributed by atoms with Gasteiger partial charge >= 0.3 is 5.97 Å². The first kappa shape index (κ1) is 23.8. The summed E-state index contributed by atoms with van der Waals surface area (Å²) in [5.74, 6) is -0.779. The van der Waals surface area contributed by atoms with Gasteiger partial charge in [0.15, 0.2) is 0 Å². The molecule has 4 rings (SSSR count). The number of hydrazone groups is 1. The lowest BCUT2D eigenvalue weighted by atomic mass is 10.2. The molecule has 0 fully saturated rings. The van der Waals surface area contributed by atoms with Gasteiger partial charge in [0.2, 0.25) is 0 Å². The van der Waals surface area contributed by atoms with Crippen LogP contribution in [0.25, 0.3) is 15.8 Å². The molecule has 0 atom stereocenters. The standard InChI is InChI=1S/C25H22N4O5S/c1-4-34-25(31)17-6-5-7-20(11-17)28-15(2)10-19(16(28)3)14-26-27-24(30)23-13-18-12-21(29(32)33)8-9-22(18)35-23/h5-14H,4H2,1-3H3,(H,27,30). The van der Waals surface area contributed by atoms with E-state index < -0.39 is 10.8 Å². The second kappa shape index (κ2) is 9.90. The molecule has 1 N–H and O–H groups in total. The number of esters is 1. The minimum Gasteiger partial charge on any atom is -0.462 e. The topological polar surface area (TPSA) is 116 Å². The van der Waals surface area contributed by atoms with Gasteiger partial charge in [-0.05, 0) is 57.2 Å². The van der Waals surface area contributed by atoms with Crippen LogP contribution in [0.4, 0.5) is 5.69 Å². The van der Waals surface area contributed by atoms with Crippen LogP contribution in [0.3, 0.4) is 0 Å². The molecule has 0 aliphatic carbocycles. The Balaban J connectivity index is 1.52. The molecular weight excluding hydrogens is 468 g/mol. The number of rotatable bonds is 7. The Morgan fingerprint density at radius 1 is 1.17 bits per heavy atom. The molecule has 2 heterocycles. The number of hydrogen-bond acceptors (Lipinski definition) is 7. The van der Waals surface area contributed by atoms with Gasteiger partial charge in [0, 0.05) is 44.9 Å². The van der Waals surface area contributed by atoms with E-state index in [-0.39, 0.29) is 11.7 Å². The lowest BCUT2D eigenvalue weighted by molar-refractivity contribution is -0.384. The molecule has 0 saturated heterocycles. The first-order valence-corrected chi connectivity index (χ1v) is 11.6. The van der Waals surface area contributed by atoms with E-state index in [1.54, 1.807) is 43.5 Å². The lowest BCUT2D eigenvalue weighted by Crippen LogP contribution is -2.16. The number of nitro groups is 1. The van der Waals surface area contributed by atoms with E-state index in [0.717, 1.165) is 27.3 Å². The van der Waals surface area contributed by atoms with Crippen molar-refractivity contribution in [3.63, 3.8) is 0 Å². The number of non-ortho nitro benzene ring substituents is 1. The molecule has 0 spiro atoms. The molecule has 9 nitrogen and oxygen atoms in total. The number of thiophene rings is 1. The summed E-state index contributed by atoms with van der Waals surface area (Å²) in [7, 11) is 0. The van der Waals surface area contributed by atoms with Crippen LogP contribution in [-0.2, 0) is 4.74 Å². The summed E-state index contributed by atoms with van der Waals surface area (Å²) in [5.41, 5.74) is 6.39. The van der Waals surface area contributed by atoms with Crippen LogP contribution in [0.15, 0.2) is 59.7 Å². The number of amides is 1. The van der Waals surface area contributed by atoms with Crippen molar-refractivity contribution in [3.05, 3.63) is 92.1 Å². The van der Waals surface area contributed by atoms with Crippen LogP contribution in [0.5, 0.6) is 0 Å². The number of nitro benzene ring substituents is 1.